The van der Waals surface area contributed by atoms with E-state index in [4.69, 9.17) is 23.2 Å². The van der Waals surface area contributed by atoms with Crippen LogP contribution in [0.15, 0.2) is 47.5 Å². The van der Waals surface area contributed by atoms with Crippen LogP contribution in [0.2, 0.25) is 10.0 Å². The molecule has 2 aromatic rings. The zero-order valence-corrected chi connectivity index (χ0v) is 10.8. The van der Waals surface area contributed by atoms with E-state index < -0.39 is 0 Å². The second kappa shape index (κ2) is 5.35. The Morgan fingerprint density at radius 2 is 1.65 bits per heavy atom. The van der Waals surface area contributed by atoms with Crippen molar-refractivity contribution in [2.24, 2.45) is 4.99 Å². The molecular formula is C14H11Cl2N. The lowest BCUT2D eigenvalue weighted by Crippen LogP contribution is -1.80. The molecule has 0 aliphatic carbocycles. The summed E-state index contributed by atoms with van der Waals surface area (Å²) in [4.78, 5) is 4.36. The lowest BCUT2D eigenvalue weighted by molar-refractivity contribution is 1.44. The van der Waals surface area contributed by atoms with Crippen molar-refractivity contribution in [1.29, 1.82) is 0 Å². The fraction of sp³-hybridized carbons (Fsp3) is 0.0714. The van der Waals surface area contributed by atoms with Crippen molar-refractivity contribution in [3.8, 4) is 0 Å². The summed E-state index contributed by atoms with van der Waals surface area (Å²) in [6, 6.07) is 13.4. The van der Waals surface area contributed by atoms with Gasteiger partial charge >= 0.3 is 0 Å². The normalized spacial score (nSPS) is 11.0. The topological polar surface area (TPSA) is 12.4 Å². The van der Waals surface area contributed by atoms with Crippen molar-refractivity contribution in [3.63, 3.8) is 0 Å². The zero-order valence-electron chi connectivity index (χ0n) is 9.32. The number of hydrogen-bond acceptors (Lipinski definition) is 1. The van der Waals surface area contributed by atoms with Crippen molar-refractivity contribution in [2.75, 3.05) is 0 Å². The van der Waals surface area contributed by atoms with E-state index in [0.717, 1.165) is 11.3 Å². The Hall–Kier alpha value is -1.31. The number of aliphatic imine (C=N–C) groups is 1. The second-order valence-electron chi connectivity index (χ2n) is 3.77. The van der Waals surface area contributed by atoms with Gasteiger partial charge in [0.25, 0.3) is 0 Å². The number of nitrogens with zero attached hydrogens (tertiary/aromatic N) is 1. The fourth-order valence-corrected chi connectivity index (χ4v) is 1.68. The molecule has 0 saturated heterocycles. The molecule has 17 heavy (non-hydrogen) atoms. The van der Waals surface area contributed by atoms with Gasteiger partial charge in [0.05, 0.1) is 15.7 Å². The summed E-state index contributed by atoms with van der Waals surface area (Å²) < 4.78 is 0. The molecule has 0 aliphatic rings. The molecule has 0 N–H and O–H groups in total. The van der Waals surface area contributed by atoms with Crippen LogP contribution < -0.4 is 0 Å². The molecule has 0 heterocycles. The first-order chi connectivity index (χ1) is 8.15. The van der Waals surface area contributed by atoms with E-state index in [1.165, 1.54) is 5.56 Å². The van der Waals surface area contributed by atoms with Crippen molar-refractivity contribution in [1.82, 2.24) is 0 Å². The minimum absolute atomic E-state index is 0.541. The molecule has 0 bridgehead atoms. The van der Waals surface area contributed by atoms with Crippen molar-refractivity contribution in [3.05, 3.63) is 63.6 Å². The highest BCUT2D eigenvalue weighted by Gasteiger charge is 1.97. The molecule has 2 aromatic carbocycles. The van der Waals surface area contributed by atoms with E-state index in [1.807, 2.05) is 37.3 Å². The average molecular weight is 264 g/mol. The Labute approximate surface area is 111 Å². The van der Waals surface area contributed by atoms with Crippen LogP contribution in [0.1, 0.15) is 11.1 Å². The van der Waals surface area contributed by atoms with Crippen LogP contribution in [0.3, 0.4) is 0 Å². The van der Waals surface area contributed by atoms with E-state index in [0.29, 0.717) is 10.0 Å². The quantitative estimate of drug-likeness (QED) is 0.673. The molecule has 0 amide bonds. The first-order valence-corrected chi connectivity index (χ1v) is 5.96. The maximum atomic E-state index is 5.92. The van der Waals surface area contributed by atoms with Crippen LogP contribution in [0.5, 0.6) is 0 Å². The van der Waals surface area contributed by atoms with Crippen molar-refractivity contribution >= 4 is 35.1 Å². The van der Waals surface area contributed by atoms with Crippen molar-refractivity contribution in [2.45, 2.75) is 6.92 Å². The van der Waals surface area contributed by atoms with E-state index in [9.17, 15) is 0 Å². The summed E-state index contributed by atoms with van der Waals surface area (Å²) in [5, 5.41) is 1.10. The molecule has 0 atom stereocenters. The number of rotatable bonds is 2. The van der Waals surface area contributed by atoms with Gasteiger partial charge in [-0.3, -0.25) is 4.99 Å². The molecule has 3 heteroatoms. The summed E-state index contributed by atoms with van der Waals surface area (Å²) in [6.07, 6.45) is 1.77. The minimum atomic E-state index is 0.541. The summed E-state index contributed by atoms with van der Waals surface area (Å²) in [7, 11) is 0. The van der Waals surface area contributed by atoms with Crippen LogP contribution in [0.4, 0.5) is 5.69 Å². The maximum absolute atomic E-state index is 5.92. The third-order valence-corrected chi connectivity index (χ3v) is 3.08. The van der Waals surface area contributed by atoms with Gasteiger partial charge in [-0.05, 0) is 36.8 Å². The molecule has 0 saturated carbocycles. The molecule has 0 fully saturated rings. The summed E-state index contributed by atoms with van der Waals surface area (Å²) in [5.41, 5.74) is 3.07. The van der Waals surface area contributed by atoms with Crippen LogP contribution in [-0.2, 0) is 0 Å². The molecular weight excluding hydrogens is 253 g/mol. The monoisotopic (exact) mass is 263 g/mol. The Balaban J connectivity index is 2.20. The standard InChI is InChI=1S/C14H11Cl2N/c1-10-2-5-12(6-3-10)17-9-11-4-7-13(15)14(16)8-11/h2-9H,1H3. The lowest BCUT2D eigenvalue weighted by atomic mass is 10.2. The van der Waals surface area contributed by atoms with E-state index >= 15 is 0 Å². The highest BCUT2D eigenvalue weighted by atomic mass is 35.5. The molecule has 1 nitrogen and oxygen atoms in total. The second-order valence-corrected chi connectivity index (χ2v) is 4.58. The van der Waals surface area contributed by atoms with Gasteiger partial charge in [0, 0.05) is 6.21 Å². The van der Waals surface area contributed by atoms with Crippen LogP contribution in [0, 0.1) is 6.92 Å². The molecule has 86 valence electrons. The summed E-state index contributed by atoms with van der Waals surface area (Å²) in [5.74, 6) is 0. The molecule has 0 spiro atoms. The number of halogens is 2. The Morgan fingerprint density at radius 1 is 0.941 bits per heavy atom. The molecule has 0 radical (unpaired) electrons. The molecule has 0 aliphatic heterocycles. The van der Waals surface area contributed by atoms with Gasteiger partial charge in [0.15, 0.2) is 0 Å². The van der Waals surface area contributed by atoms with Crippen LogP contribution in [0.25, 0.3) is 0 Å². The van der Waals surface area contributed by atoms with Crippen molar-refractivity contribution < 1.29 is 0 Å². The average Bonchev–Trinajstić information content (AvgIpc) is 2.33. The third kappa shape index (κ3) is 3.32. The third-order valence-electron chi connectivity index (χ3n) is 2.34. The Kier molecular flexibility index (Phi) is 3.82. The first kappa shape index (κ1) is 12.2. The number of aryl methyl sites for hydroxylation is 1. The predicted octanol–water partition coefficient (Wildman–Crippen LogP) is 5.05. The Morgan fingerprint density at radius 3 is 2.29 bits per heavy atom. The van der Waals surface area contributed by atoms with Crippen LogP contribution >= 0.6 is 23.2 Å². The fourth-order valence-electron chi connectivity index (χ4n) is 1.37. The maximum Gasteiger partial charge on any atom is 0.0630 e. The molecule has 0 unspecified atom stereocenters. The number of hydrogen-bond donors (Lipinski definition) is 0. The predicted molar refractivity (Wildman–Crippen MR) is 74.9 cm³/mol. The van der Waals surface area contributed by atoms with E-state index in [2.05, 4.69) is 4.99 Å². The van der Waals surface area contributed by atoms with Gasteiger partial charge < -0.3 is 0 Å². The first-order valence-electron chi connectivity index (χ1n) is 5.21. The van der Waals surface area contributed by atoms with Gasteiger partial charge in [-0.1, -0.05) is 47.0 Å². The minimum Gasteiger partial charge on any atom is -0.256 e. The van der Waals surface area contributed by atoms with Gasteiger partial charge in [-0.2, -0.15) is 0 Å². The van der Waals surface area contributed by atoms with Gasteiger partial charge in [0.2, 0.25) is 0 Å². The van der Waals surface area contributed by atoms with Gasteiger partial charge in [0.1, 0.15) is 0 Å². The van der Waals surface area contributed by atoms with E-state index in [1.54, 1.807) is 18.3 Å². The summed E-state index contributed by atoms with van der Waals surface area (Å²) in [6.45, 7) is 2.05. The number of benzene rings is 2. The Bertz CT molecular complexity index is 545. The summed E-state index contributed by atoms with van der Waals surface area (Å²) >= 11 is 11.8. The highest BCUT2D eigenvalue weighted by Crippen LogP contribution is 2.22. The largest absolute Gasteiger partial charge is 0.256 e. The smallest absolute Gasteiger partial charge is 0.0630 e. The van der Waals surface area contributed by atoms with E-state index in [-0.39, 0.29) is 0 Å². The van der Waals surface area contributed by atoms with Crippen LogP contribution in [-0.4, -0.2) is 6.21 Å². The lowest BCUT2D eigenvalue weighted by Gasteiger charge is -1.98. The molecule has 0 aromatic heterocycles. The van der Waals surface area contributed by atoms with Gasteiger partial charge in [-0.25, -0.2) is 0 Å². The zero-order chi connectivity index (χ0) is 12.3. The van der Waals surface area contributed by atoms with Gasteiger partial charge in [-0.15, -0.1) is 0 Å². The molecule has 2 rings (SSSR count). The SMILES string of the molecule is Cc1ccc(N=Cc2ccc(Cl)c(Cl)c2)cc1. The highest BCUT2D eigenvalue weighted by molar-refractivity contribution is 6.42.